The third-order valence-electron chi connectivity index (χ3n) is 5.67. The van der Waals surface area contributed by atoms with Gasteiger partial charge >= 0.3 is 0 Å². The molecule has 1 saturated carbocycles. The van der Waals surface area contributed by atoms with E-state index in [1.807, 2.05) is 11.0 Å². The number of benzene rings is 1. The number of carbonyl (C=O) groups excluding carboxylic acids is 2. The van der Waals surface area contributed by atoms with Crippen LogP contribution in [0.25, 0.3) is 0 Å². The van der Waals surface area contributed by atoms with E-state index in [4.69, 9.17) is 5.26 Å². The summed E-state index contributed by atoms with van der Waals surface area (Å²) in [5, 5.41) is 12.0. The van der Waals surface area contributed by atoms with Gasteiger partial charge in [0.2, 0.25) is 11.8 Å². The highest BCUT2D eigenvalue weighted by atomic mass is 16.2. The van der Waals surface area contributed by atoms with Crippen LogP contribution in [0.15, 0.2) is 24.3 Å². The highest BCUT2D eigenvalue weighted by Crippen LogP contribution is 2.31. The van der Waals surface area contributed by atoms with Gasteiger partial charge in [-0.1, -0.05) is 25.0 Å². The molecule has 0 bridgehead atoms. The van der Waals surface area contributed by atoms with E-state index >= 15 is 0 Å². The van der Waals surface area contributed by atoms with Crippen LogP contribution in [0.3, 0.4) is 0 Å². The third kappa shape index (κ3) is 4.43. The van der Waals surface area contributed by atoms with Crippen LogP contribution in [0.1, 0.15) is 56.9 Å². The van der Waals surface area contributed by atoms with Crippen LogP contribution in [-0.4, -0.2) is 29.8 Å². The maximum atomic E-state index is 12.7. The molecule has 1 aromatic carbocycles. The highest BCUT2D eigenvalue weighted by molar-refractivity contribution is 5.94. The monoisotopic (exact) mass is 353 g/mol. The van der Waals surface area contributed by atoms with E-state index < -0.39 is 0 Å². The van der Waals surface area contributed by atoms with E-state index in [-0.39, 0.29) is 17.7 Å². The van der Waals surface area contributed by atoms with E-state index in [9.17, 15) is 9.59 Å². The summed E-state index contributed by atoms with van der Waals surface area (Å²) in [6.45, 7) is 1.79. The molecule has 138 valence electrons. The molecule has 1 heterocycles. The summed E-state index contributed by atoms with van der Waals surface area (Å²) in [7, 11) is 0. The second kappa shape index (κ2) is 8.84. The van der Waals surface area contributed by atoms with Gasteiger partial charge in [-0.2, -0.15) is 5.26 Å². The van der Waals surface area contributed by atoms with Crippen molar-refractivity contribution in [2.24, 2.45) is 11.8 Å². The first-order valence-electron chi connectivity index (χ1n) is 9.78. The van der Waals surface area contributed by atoms with Gasteiger partial charge in [0.15, 0.2) is 0 Å². The van der Waals surface area contributed by atoms with Crippen molar-refractivity contribution in [3.63, 3.8) is 0 Å². The molecule has 0 spiro atoms. The molecule has 5 nitrogen and oxygen atoms in total. The van der Waals surface area contributed by atoms with Crippen molar-refractivity contribution in [2.75, 3.05) is 18.4 Å². The molecule has 1 aliphatic carbocycles. The molecule has 0 atom stereocenters. The zero-order valence-corrected chi connectivity index (χ0v) is 15.2. The molecule has 2 amide bonds. The average Bonchev–Trinajstić information content (AvgIpc) is 2.97. The van der Waals surface area contributed by atoms with Crippen LogP contribution in [0.2, 0.25) is 0 Å². The summed E-state index contributed by atoms with van der Waals surface area (Å²) in [4.78, 5) is 27.3. The SMILES string of the molecule is N#Cc1ccccc1NC(=O)C1CCC(C(=O)N2CCCCCC2)CC1. The number of hydrogen-bond donors (Lipinski definition) is 1. The van der Waals surface area contributed by atoms with Gasteiger partial charge in [-0.25, -0.2) is 0 Å². The van der Waals surface area contributed by atoms with Gasteiger partial charge in [0, 0.05) is 24.9 Å². The maximum absolute atomic E-state index is 12.7. The van der Waals surface area contributed by atoms with Crippen LogP contribution in [0, 0.1) is 23.2 Å². The normalized spacial score (nSPS) is 23.6. The van der Waals surface area contributed by atoms with Crippen LogP contribution in [-0.2, 0) is 9.59 Å². The first-order chi connectivity index (χ1) is 12.7. The predicted molar refractivity (Wildman–Crippen MR) is 100 cm³/mol. The lowest BCUT2D eigenvalue weighted by Crippen LogP contribution is -2.39. The van der Waals surface area contributed by atoms with Gasteiger partial charge in [0.25, 0.3) is 0 Å². The Morgan fingerprint density at radius 2 is 1.58 bits per heavy atom. The Kier molecular flexibility index (Phi) is 6.27. The number of hydrogen-bond acceptors (Lipinski definition) is 3. The average molecular weight is 353 g/mol. The van der Waals surface area contributed by atoms with Crippen LogP contribution in [0.5, 0.6) is 0 Å². The number of nitrogens with zero attached hydrogens (tertiary/aromatic N) is 2. The summed E-state index contributed by atoms with van der Waals surface area (Å²) in [5.74, 6) is 0.257. The largest absolute Gasteiger partial charge is 0.342 e. The minimum absolute atomic E-state index is 0.0339. The van der Waals surface area contributed by atoms with Gasteiger partial charge in [-0.05, 0) is 50.7 Å². The Morgan fingerprint density at radius 3 is 2.23 bits per heavy atom. The number of likely N-dealkylation sites (tertiary alicyclic amines) is 1. The fourth-order valence-corrected chi connectivity index (χ4v) is 4.08. The molecule has 2 fully saturated rings. The topological polar surface area (TPSA) is 73.2 Å². The van der Waals surface area contributed by atoms with E-state index in [0.29, 0.717) is 17.2 Å². The number of nitrogens with one attached hydrogen (secondary N) is 1. The highest BCUT2D eigenvalue weighted by Gasteiger charge is 2.32. The minimum atomic E-state index is -0.0741. The molecule has 2 aliphatic rings. The molecular formula is C21H27N3O2. The summed E-state index contributed by atoms with van der Waals surface area (Å²) in [6, 6.07) is 9.16. The Balaban J connectivity index is 1.52. The quantitative estimate of drug-likeness (QED) is 0.900. The standard InChI is InChI=1S/C21H27N3O2/c22-15-18-7-3-4-8-19(18)23-20(25)16-9-11-17(12-10-16)21(26)24-13-5-1-2-6-14-24/h3-4,7-8,16-17H,1-2,5-6,9-14H2,(H,23,25). The molecule has 0 radical (unpaired) electrons. The molecule has 26 heavy (non-hydrogen) atoms. The summed E-state index contributed by atoms with van der Waals surface area (Å²) >= 11 is 0. The lowest BCUT2D eigenvalue weighted by atomic mass is 9.80. The zero-order valence-electron chi connectivity index (χ0n) is 15.2. The molecule has 5 heteroatoms. The van der Waals surface area contributed by atoms with E-state index in [0.717, 1.165) is 51.6 Å². The van der Waals surface area contributed by atoms with Gasteiger partial charge in [-0.15, -0.1) is 0 Å². The van der Waals surface area contributed by atoms with Crippen molar-refractivity contribution in [2.45, 2.75) is 51.4 Å². The van der Waals surface area contributed by atoms with Crippen LogP contribution in [0.4, 0.5) is 5.69 Å². The molecule has 3 rings (SSSR count). The van der Waals surface area contributed by atoms with E-state index in [1.165, 1.54) is 12.8 Å². The van der Waals surface area contributed by atoms with Crippen LogP contribution >= 0.6 is 0 Å². The van der Waals surface area contributed by atoms with Crippen molar-refractivity contribution in [3.8, 4) is 6.07 Å². The smallest absolute Gasteiger partial charge is 0.227 e. The van der Waals surface area contributed by atoms with Gasteiger partial charge in [0.05, 0.1) is 11.3 Å². The van der Waals surface area contributed by atoms with E-state index in [2.05, 4.69) is 11.4 Å². The fourth-order valence-electron chi connectivity index (χ4n) is 4.08. The zero-order chi connectivity index (χ0) is 18.4. The Hall–Kier alpha value is -2.35. The fraction of sp³-hybridized carbons (Fsp3) is 0.571. The number of amides is 2. The lowest BCUT2D eigenvalue weighted by molar-refractivity contribution is -0.137. The lowest BCUT2D eigenvalue weighted by Gasteiger charge is -2.31. The molecule has 0 unspecified atom stereocenters. The second-order valence-corrected chi connectivity index (χ2v) is 7.43. The predicted octanol–water partition coefficient (Wildman–Crippen LogP) is 3.71. The molecule has 1 aliphatic heterocycles. The first-order valence-corrected chi connectivity index (χ1v) is 9.78. The molecule has 1 aromatic rings. The molecular weight excluding hydrogens is 326 g/mol. The van der Waals surface area contributed by atoms with Crippen molar-refractivity contribution in [1.29, 1.82) is 5.26 Å². The molecule has 1 saturated heterocycles. The second-order valence-electron chi connectivity index (χ2n) is 7.43. The Bertz CT molecular complexity index is 679. The number of carbonyl (C=O) groups is 2. The summed E-state index contributed by atoms with van der Waals surface area (Å²) < 4.78 is 0. The first kappa shape index (κ1) is 18.4. The van der Waals surface area contributed by atoms with Crippen LogP contribution < -0.4 is 5.32 Å². The van der Waals surface area contributed by atoms with Gasteiger partial charge in [-0.3, -0.25) is 9.59 Å². The van der Waals surface area contributed by atoms with Gasteiger partial charge in [0.1, 0.15) is 6.07 Å². The molecule has 0 aromatic heterocycles. The van der Waals surface area contributed by atoms with Crippen molar-refractivity contribution >= 4 is 17.5 Å². The van der Waals surface area contributed by atoms with Crippen molar-refractivity contribution in [3.05, 3.63) is 29.8 Å². The minimum Gasteiger partial charge on any atom is -0.342 e. The Labute approximate surface area is 155 Å². The van der Waals surface area contributed by atoms with Crippen molar-refractivity contribution < 1.29 is 9.59 Å². The Morgan fingerprint density at radius 1 is 0.962 bits per heavy atom. The van der Waals surface area contributed by atoms with Gasteiger partial charge < -0.3 is 10.2 Å². The van der Waals surface area contributed by atoms with E-state index in [1.54, 1.807) is 18.2 Å². The number of rotatable bonds is 3. The summed E-state index contributed by atoms with van der Waals surface area (Å²) in [5.41, 5.74) is 1.05. The van der Waals surface area contributed by atoms with Crippen molar-refractivity contribution in [1.82, 2.24) is 4.90 Å². The third-order valence-corrected chi connectivity index (χ3v) is 5.67. The number of para-hydroxylation sites is 1. The molecule has 1 N–H and O–H groups in total. The maximum Gasteiger partial charge on any atom is 0.227 e. The summed E-state index contributed by atoms with van der Waals surface area (Å²) in [6.07, 6.45) is 7.72. The number of anilines is 1. The number of nitriles is 1.